The van der Waals surface area contributed by atoms with Crippen molar-refractivity contribution in [3.63, 3.8) is 0 Å². The van der Waals surface area contributed by atoms with E-state index in [9.17, 15) is 4.79 Å². The number of hydrogen-bond donors (Lipinski definition) is 1. The Morgan fingerprint density at radius 3 is 2.80 bits per heavy atom. The molecule has 0 aliphatic heterocycles. The molecule has 106 valence electrons. The SMILES string of the molecule is COc1ncc(NC(=O)c2cc(Br)cs2)c(N(C)C)n1. The minimum absolute atomic E-state index is 0.197. The van der Waals surface area contributed by atoms with Crippen LogP contribution in [-0.2, 0) is 0 Å². The average Bonchev–Trinajstić information content (AvgIpc) is 2.85. The van der Waals surface area contributed by atoms with Gasteiger partial charge in [-0.3, -0.25) is 4.79 Å². The van der Waals surface area contributed by atoms with Gasteiger partial charge in [0.1, 0.15) is 5.69 Å². The van der Waals surface area contributed by atoms with Crippen LogP contribution < -0.4 is 15.0 Å². The standard InChI is InChI=1S/C12H13BrN4O2S/c1-17(2)10-8(5-14-12(16-10)19-3)15-11(18)9-4-7(13)6-20-9/h4-6H,1-3H3,(H,15,18). The van der Waals surface area contributed by atoms with Crippen molar-refractivity contribution in [3.05, 3.63) is 27.0 Å². The van der Waals surface area contributed by atoms with Crippen molar-refractivity contribution < 1.29 is 9.53 Å². The van der Waals surface area contributed by atoms with Crippen LogP contribution in [0.15, 0.2) is 22.1 Å². The van der Waals surface area contributed by atoms with Gasteiger partial charge in [-0.25, -0.2) is 4.98 Å². The summed E-state index contributed by atoms with van der Waals surface area (Å²) in [6.45, 7) is 0. The van der Waals surface area contributed by atoms with E-state index in [0.29, 0.717) is 16.4 Å². The predicted octanol–water partition coefficient (Wildman–Crippen LogP) is 2.63. The van der Waals surface area contributed by atoms with Crippen LogP contribution in [0.3, 0.4) is 0 Å². The number of hydrogen-bond acceptors (Lipinski definition) is 6. The van der Waals surface area contributed by atoms with Gasteiger partial charge in [-0.05, 0) is 22.0 Å². The fraction of sp³-hybridized carbons (Fsp3) is 0.250. The first kappa shape index (κ1) is 14.7. The summed E-state index contributed by atoms with van der Waals surface area (Å²) >= 11 is 4.68. The third kappa shape index (κ3) is 3.26. The number of nitrogens with one attached hydrogen (secondary N) is 1. The molecule has 0 aliphatic carbocycles. The second-order valence-corrected chi connectivity index (χ2v) is 5.90. The monoisotopic (exact) mass is 356 g/mol. The molecule has 2 rings (SSSR count). The largest absolute Gasteiger partial charge is 0.467 e. The van der Waals surface area contributed by atoms with Crippen LogP contribution >= 0.6 is 27.3 Å². The van der Waals surface area contributed by atoms with E-state index in [2.05, 4.69) is 31.2 Å². The number of nitrogens with zero attached hydrogens (tertiary/aromatic N) is 3. The molecule has 0 bridgehead atoms. The molecule has 2 aromatic rings. The van der Waals surface area contributed by atoms with E-state index in [1.54, 1.807) is 11.0 Å². The van der Waals surface area contributed by atoms with Gasteiger partial charge in [0.15, 0.2) is 5.82 Å². The topological polar surface area (TPSA) is 67.3 Å². The molecule has 0 saturated heterocycles. The smallest absolute Gasteiger partial charge is 0.318 e. The molecule has 1 amide bonds. The Hall–Kier alpha value is -1.67. The minimum atomic E-state index is -0.197. The maximum Gasteiger partial charge on any atom is 0.318 e. The van der Waals surface area contributed by atoms with Crippen molar-refractivity contribution in [2.75, 3.05) is 31.4 Å². The molecule has 0 spiro atoms. The summed E-state index contributed by atoms with van der Waals surface area (Å²) in [7, 11) is 5.16. The number of aromatic nitrogens is 2. The van der Waals surface area contributed by atoms with Gasteiger partial charge in [0, 0.05) is 23.9 Å². The van der Waals surface area contributed by atoms with Crippen molar-refractivity contribution in [1.82, 2.24) is 9.97 Å². The van der Waals surface area contributed by atoms with Crippen LogP contribution in [0, 0.1) is 0 Å². The van der Waals surface area contributed by atoms with Gasteiger partial charge in [0.25, 0.3) is 5.91 Å². The Labute approximate surface area is 128 Å². The normalized spacial score (nSPS) is 10.2. The number of thiophene rings is 1. The zero-order valence-corrected chi connectivity index (χ0v) is 13.6. The Bertz CT molecular complexity index is 630. The highest BCUT2D eigenvalue weighted by Crippen LogP contribution is 2.25. The Kier molecular flexibility index (Phi) is 4.56. The summed E-state index contributed by atoms with van der Waals surface area (Å²) in [6.07, 6.45) is 1.53. The zero-order valence-electron chi connectivity index (χ0n) is 11.2. The number of methoxy groups -OCH3 is 1. The third-order valence-corrected chi connectivity index (χ3v) is 4.08. The van der Waals surface area contributed by atoms with E-state index in [1.165, 1.54) is 24.6 Å². The molecule has 0 saturated carbocycles. The predicted molar refractivity (Wildman–Crippen MR) is 82.9 cm³/mol. The number of amides is 1. The molecule has 1 N–H and O–H groups in total. The molecule has 8 heteroatoms. The molecule has 20 heavy (non-hydrogen) atoms. The highest BCUT2D eigenvalue weighted by atomic mass is 79.9. The van der Waals surface area contributed by atoms with Crippen molar-refractivity contribution in [3.8, 4) is 6.01 Å². The van der Waals surface area contributed by atoms with E-state index in [-0.39, 0.29) is 11.9 Å². The lowest BCUT2D eigenvalue weighted by Gasteiger charge is -2.16. The van der Waals surface area contributed by atoms with Crippen LogP contribution in [0.5, 0.6) is 6.01 Å². The van der Waals surface area contributed by atoms with E-state index in [1.807, 2.05) is 19.5 Å². The highest BCUT2D eigenvalue weighted by Gasteiger charge is 2.14. The van der Waals surface area contributed by atoms with Gasteiger partial charge in [0.2, 0.25) is 0 Å². The average molecular weight is 357 g/mol. The maximum absolute atomic E-state index is 12.1. The van der Waals surface area contributed by atoms with Crippen LogP contribution in [0.2, 0.25) is 0 Å². The summed E-state index contributed by atoms with van der Waals surface area (Å²) in [5, 5.41) is 4.65. The van der Waals surface area contributed by atoms with E-state index in [4.69, 9.17) is 4.74 Å². The molecule has 0 radical (unpaired) electrons. The van der Waals surface area contributed by atoms with E-state index >= 15 is 0 Å². The molecule has 0 atom stereocenters. The highest BCUT2D eigenvalue weighted by molar-refractivity contribution is 9.10. The molecule has 2 aromatic heterocycles. The van der Waals surface area contributed by atoms with E-state index < -0.39 is 0 Å². The van der Waals surface area contributed by atoms with Gasteiger partial charge in [-0.15, -0.1) is 11.3 Å². The minimum Gasteiger partial charge on any atom is -0.467 e. The molecule has 0 unspecified atom stereocenters. The van der Waals surface area contributed by atoms with Gasteiger partial charge >= 0.3 is 6.01 Å². The summed E-state index contributed by atoms with van der Waals surface area (Å²) in [5.41, 5.74) is 0.533. The van der Waals surface area contributed by atoms with Crippen molar-refractivity contribution >= 4 is 44.7 Å². The van der Waals surface area contributed by atoms with Crippen LogP contribution in [0.4, 0.5) is 11.5 Å². The first-order chi connectivity index (χ1) is 9.51. The first-order valence-electron chi connectivity index (χ1n) is 5.65. The third-order valence-electron chi connectivity index (χ3n) is 2.39. The summed E-state index contributed by atoms with van der Waals surface area (Å²) in [5.74, 6) is 0.387. The van der Waals surface area contributed by atoms with Gasteiger partial charge in [0.05, 0.1) is 18.2 Å². The lowest BCUT2D eigenvalue weighted by atomic mass is 10.4. The zero-order chi connectivity index (χ0) is 14.7. The van der Waals surface area contributed by atoms with Crippen molar-refractivity contribution in [2.24, 2.45) is 0 Å². The Morgan fingerprint density at radius 1 is 1.50 bits per heavy atom. The molecule has 0 aromatic carbocycles. The second-order valence-electron chi connectivity index (χ2n) is 4.07. The van der Waals surface area contributed by atoms with Crippen LogP contribution in [0.25, 0.3) is 0 Å². The summed E-state index contributed by atoms with van der Waals surface area (Å²) < 4.78 is 5.87. The maximum atomic E-state index is 12.1. The van der Waals surface area contributed by atoms with Crippen molar-refractivity contribution in [1.29, 1.82) is 0 Å². The first-order valence-corrected chi connectivity index (χ1v) is 7.32. The van der Waals surface area contributed by atoms with E-state index in [0.717, 1.165) is 4.47 Å². The molecule has 0 aliphatic rings. The van der Waals surface area contributed by atoms with Crippen LogP contribution in [0.1, 0.15) is 9.67 Å². The number of anilines is 2. The quantitative estimate of drug-likeness (QED) is 0.911. The molecular formula is C12H13BrN4O2S. The fourth-order valence-electron chi connectivity index (χ4n) is 1.50. The second kappa shape index (κ2) is 6.19. The van der Waals surface area contributed by atoms with Crippen molar-refractivity contribution in [2.45, 2.75) is 0 Å². The number of carbonyl (C=O) groups excluding carboxylic acids is 1. The van der Waals surface area contributed by atoms with Gasteiger partial charge < -0.3 is 15.0 Å². The summed E-state index contributed by atoms with van der Waals surface area (Å²) in [6, 6.07) is 2.02. The Morgan fingerprint density at radius 2 is 2.25 bits per heavy atom. The molecule has 0 fully saturated rings. The molecular weight excluding hydrogens is 344 g/mol. The van der Waals surface area contributed by atoms with Crippen LogP contribution in [-0.4, -0.2) is 37.1 Å². The lowest BCUT2D eigenvalue weighted by molar-refractivity contribution is 0.103. The molecule has 2 heterocycles. The van der Waals surface area contributed by atoms with Gasteiger partial charge in [-0.1, -0.05) is 0 Å². The number of rotatable bonds is 4. The molecule has 6 nitrogen and oxygen atoms in total. The van der Waals surface area contributed by atoms with Gasteiger partial charge in [-0.2, -0.15) is 4.98 Å². The Balaban J connectivity index is 2.26. The number of ether oxygens (including phenoxy) is 1. The number of halogens is 1. The lowest BCUT2D eigenvalue weighted by Crippen LogP contribution is -2.18. The number of carbonyl (C=O) groups is 1. The summed E-state index contributed by atoms with van der Waals surface area (Å²) in [4.78, 5) is 22.7. The fourth-order valence-corrected chi connectivity index (χ4v) is 2.82.